The third kappa shape index (κ3) is 3.34. The Morgan fingerprint density at radius 2 is 2.28 bits per heavy atom. The fourth-order valence-corrected chi connectivity index (χ4v) is 1.28. The van der Waals surface area contributed by atoms with Crippen LogP contribution in [0.5, 0.6) is 6.01 Å². The summed E-state index contributed by atoms with van der Waals surface area (Å²) >= 11 is 0. The maximum atomic E-state index is 5.58. The van der Waals surface area contributed by atoms with E-state index in [4.69, 9.17) is 14.9 Å². The van der Waals surface area contributed by atoms with Crippen LogP contribution in [0.15, 0.2) is 23.0 Å². The van der Waals surface area contributed by atoms with E-state index in [1.54, 1.807) is 12.5 Å². The number of aromatic nitrogens is 3. The molecule has 2 rings (SSSR count). The van der Waals surface area contributed by atoms with Crippen molar-refractivity contribution in [2.75, 3.05) is 17.7 Å². The summed E-state index contributed by atoms with van der Waals surface area (Å²) in [5.74, 6) is 0.514. The third-order valence-corrected chi connectivity index (χ3v) is 2.10. The molecule has 0 aromatic carbocycles. The van der Waals surface area contributed by atoms with Crippen LogP contribution in [0.1, 0.15) is 18.9 Å². The number of nitrogens with two attached hydrogens (primary N) is 1. The quantitative estimate of drug-likeness (QED) is 0.799. The maximum absolute atomic E-state index is 5.58. The molecule has 0 aliphatic heterocycles. The number of nitrogens with zero attached hydrogens (tertiary/aromatic N) is 3. The summed E-state index contributed by atoms with van der Waals surface area (Å²) in [7, 11) is 0. The first-order chi connectivity index (χ1) is 8.78. The van der Waals surface area contributed by atoms with Crippen molar-refractivity contribution in [3.63, 3.8) is 0 Å². The van der Waals surface area contributed by atoms with Crippen molar-refractivity contribution in [3.05, 3.63) is 24.2 Å². The Bertz CT molecular complexity index is 486. The molecule has 7 nitrogen and oxygen atoms in total. The molecule has 2 aromatic heterocycles. The van der Waals surface area contributed by atoms with Gasteiger partial charge in [0.1, 0.15) is 0 Å². The number of rotatable bonds is 6. The Labute approximate surface area is 104 Å². The number of furan rings is 1. The maximum Gasteiger partial charge on any atom is 0.323 e. The first-order valence-corrected chi connectivity index (χ1v) is 5.67. The van der Waals surface area contributed by atoms with Crippen LogP contribution in [0, 0.1) is 0 Å². The molecular formula is C11H15N5O2. The molecule has 2 aromatic rings. The van der Waals surface area contributed by atoms with Crippen molar-refractivity contribution in [2.24, 2.45) is 0 Å². The highest BCUT2D eigenvalue weighted by molar-refractivity contribution is 5.33. The fraction of sp³-hybridized carbons (Fsp3) is 0.364. The molecule has 0 saturated carbocycles. The zero-order chi connectivity index (χ0) is 12.8. The van der Waals surface area contributed by atoms with Gasteiger partial charge in [0.15, 0.2) is 0 Å². The molecule has 0 aliphatic rings. The molecule has 18 heavy (non-hydrogen) atoms. The van der Waals surface area contributed by atoms with Gasteiger partial charge in [-0.25, -0.2) is 0 Å². The second-order valence-electron chi connectivity index (χ2n) is 3.63. The molecule has 0 atom stereocenters. The summed E-state index contributed by atoms with van der Waals surface area (Å²) in [6.07, 6.45) is 4.13. The largest absolute Gasteiger partial charge is 0.472 e. The lowest BCUT2D eigenvalue weighted by Crippen LogP contribution is -2.09. The molecule has 0 aliphatic carbocycles. The first-order valence-electron chi connectivity index (χ1n) is 5.67. The van der Waals surface area contributed by atoms with Crippen molar-refractivity contribution in [3.8, 4) is 6.01 Å². The smallest absolute Gasteiger partial charge is 0.323 e. The highest BCUT2D eigenvalue weighted by Gasteiger charge is 2.05. The summed E-state index contributed by atoms with van der Waals surface area (Å²) < 4.78 is 10.3. The number of hydrogen-bond acceptors (Lipinski definition) is 7. The van der Waals surface area contributed by atoms with E-state index in [9.17, 15) is 0 Å². The third-order valence-electron chi connectivity index (χ3n) is 2.10. The van der Waals surface area contributed by atoms with Crippen molar-refractivity contribution in [2.45, 2.75) is 19.9 Å². The summed E-state index contributed by atoms with van der Waals surface area (Å²) in [6.45, 7) is 3.10. The molecule has 7 heteroatoms. The van der Waals surface area contributed by atoms with Gasteiger partial charge < -0.3 is 20.2 Å². The highest BCUT2D eigenvalue weighted by atomic mass is 16.5. The van der Waals surface area contributed by atoms with Gasteiger partial charge in [-0.1, -0.05) is 6.92 Å². The minimum atomic E-state index is 0.130. The molecule has 2 heterocycles. The second kappa shape index (κ2) is 5.85. The number of anilines is 2. The summed E-state index contributed by atoms with van der Waals surface area (Å²) in [5, 5.41) is 3.02. The molecule has 0 spiro atoms. The Balaban J connectivity index is 2.00. The van der Waals surface area contributed by atoms with E-state index in [-0.39, 0.29) is 12.0 Å². The lowest BCUT2D eigenvalue weighted by molar-refractivity contribution is 0.292. The highest BCUT2D eigenvalue weighted by Crippen LogP contribution is 2.10. The van der Waals surface area contributed by atoms with E-state index in [0.29, 0.717) is 19.1 Å². The lowest BCUT2D eigenvalue weighted by Gasteiger charge is -2.06. The van der Waals surface area contributed by atoms with Gasteiger partial charge >= 0.3 is 6.01 Å². The van der Waals surface area contributed by atoms with Crippen LogP contribution in [-0.4, -0.2) is 21.6 Å². The average Bonchev–Trinajstić information content (AvgIpc) is 2.86. The fourth-order valence-electron chi connectivity index (χ4n) is 1.28. The molecule has 0 fully saturated rings. The zero-order valence-corrected chi connectivity index (χ0v) is 10.1. The van der Waals surface area contributed by atoms with Gasteiger partial charge in [0.25, 0.3) is 0 Å². The van der Waals surface area contributed by atoms with Gasteiger partial charge in [0.2, 0.25) is 11.9 Å². The van der Waals surface area contributed by atoms with E-state index in [0.717, 1.165) is 12.0 Å². The van der Waals surface area contributed by atoms with E-state index in [1.165, 1.54) is 0 Å². The second-order valence-corrected chi connectivity index (χ2v) is 3.63. The van der Waals surface area contributed by atoms with Gasteiger partial charge in [-0.2, -0.15) is 15.0 Å². The van der Waals surface area contributed by atoms with Crippen molar-refractivity contribution >= 4 is 11.9 Å². The minimum absolute atomic E-state index is 0.130. The van der Waals surface area contributed by atoms with Crippen LogP contribution in [0.2, 0.25) is 0 Å². The molecular weight excluding hydrogens is 234 g/mol. The van der Waals surface area contributed by atoms with Crippen LogP contribution in [0.25, 0.3) is 0 Å². The van der Waals surface area contributed by atoms with Crippen LogP contribution >= 0.6 is 0 Å². The number of ether oxygens (including phenoxy) is 1. The Hall–Kier alpha value is -2.31. The first kappa shape index (κ1) is 12.2. The Morgan fingerprint density at radius 3 is 3.00 bits per heavy atom. The molecule has 0 radical (unpaired) electrons. The van der Waals surface area contributed by atoms with E-state index in [1.807, 2.05) is 13.0 Å². The number of hydrogen-bond donors (Lipinski definition) is 2. The minimum Gasteiger partial charge on any atom is -0.472 e. The molecule has 96 valence electrons. The van der Waals surface area contributed by atoms with E-state index in [2.05, 4.69) is 20.3 Å². The van der Waals surface area contributed by atoms with Gasteiger partial charge in [0.05, 0.1) is 19.1 Å². The zero-order valence-electron chi connectivity index (χ0n) is 10.1. The van der Waals surface area contributed by atoms with Crippen molar-refractivity contribution < 1.29 is 9.15 Å². The molecule has 0 saturated heterocycles. The standard InChI is InChI=1S/C11H15N5O2/c1-2-4-18-11-15-9(12)14-10(16-11)13-6-8-3-5-17-7-8/h3,5,7H,2,4,6H2,1H3,(H3,12,13,14,15,16). The summed E-state index contributed by atoms with van der Waals surface area (Å²) in [5.41, 5.74) is 6.57. The lowest BCUT2D eigenvalue weighted by atomic mass is 10.3. The Morgan fingerprint density at radius 1 is 1.39 bits per heavy atom. The molecule has 0 bridgehead atoms. The number of nitrogens with one attached hydrogen (secondary N) is 1. The number of nitrogen functional groups attached to an aromatic ring is 1. The van der Waals surface area contributed by atoms with E-state index < -0.39 is 0 Å². The predicted octanol–water partition coefficient (Wildman–Crippen LogP) is 1.45. The average molecular weight is 249 g/mol. The predicted molar refractivity (Wildman–Crippen MR) is 66.1 cm³/mol. The molecule has 0 unspecified atom stereocenters. The normalized spacial score (nSPS) is 10.3. The van der Waals surface area contributed by atoms with Crippen LogP contribution < -0.4 is 15.8 Å². The van der Waals surface area contributed by atoms with E-state index >= 15 is 0 Å². The van der Waals surface area contributed by atoms with Gasteiger partial charge in [-0.05, 0) is 12.5 Å². The van der Waals surface area contributed by atoms with Crippen LogP contribution in [-0.2, 0) is 6.54 Å². The monoisotopic (exact) mass is 249 g/mol. The van der Waals surface area contributed by atoms with Crippen molar-refractivity contribution in [1.29, 1.82) is 0 Å². The Kier molecular flexibility index (Phi) is 3.95. The summed E-state index contributed by atoms with van der Waals surface area (Å²) in [4.78, 5) is 12.0. The van der Waals surface area contributed by atoms with Crippen LogP contribution in [0.3, 0.4) is 0 Å². The van der Waals surface area contributed by atoms with Crippen LogP contribution in [0.4, 0.5) is 11.9 Å². The topological polar surface area (TPSA) is 99.1 Å². The van der Waals surface area contributed by atoms with Crippen molar-refractivity contribution in [1.82, 2.24) is 15.0 Å². The molecule has 3 N–H and O–H groups in total. The van der Waals surface area contributed by atoms with Gasteiger partial charge in [-0.15, -0.1) is 0 Å². The SMILES string of the molecule is CCCOc1nc(N)nc(NCc2ccoc2)n1. The van der Waals surface area contributed by atoms with Gasteiger partial charge in [0, 0.05) is 12.1 Å². The van der Waals surface area contributed by atoms with Gasteiger partial charge in [-0.3, -0.25) is 0 Å². The molecule has 0 amide bonds. The summed E-state index contributed by atoms with van der Waals surface area (Å²) in [6, 6.07) is 2.09.